The Bertz CT molecular complexity index is 2020. The molecule has 4 aliphatic rings. The highest BCUT2D eigenvalue weighted by Crippen LogP contribution is 2.60. The molecular weight excluding hydrogens is 584 g/mol. The molecule has 4 atom stereocenters. The molecule has 1 heterocycles. The Morgan fingerprint density at radius 3 is 2.17 bits per heavy atom. The van der Waals surface area contributed by atoms with Gasteiger partial charge in [-0.15, -0.1) is 0 Å². The smallest absolute Gasteiger partial charge is 0.204 e. The minimum absolute atomic E-state index is 0.276. The van der Waals surface area contributed by atoms with E-state index in [1.165, 1.54) is 16.2 Å². The van der Waals surface area contributed by atoms with Crippen LogP contribution in [-0.4, -0.2) is 30.7 Å². The third kappa shape index (κ3) is 3.22. The van der Waals surface area contributed by atoms with Gasteiger partial charge < -0.3 is 9.47 Å². The van der Waals surface area contributed by atoms with Crippen molar-refractivity contribution in [2.45, 2.75) is 48.0 Å². The molecule has 2 bridgehead atoms. The number of benzene rings is 5. The molecule has 9 rings (SSSR count). The number of halogens is 1. The van der Waals surface area contributed by atoms with Crippen LogP contribution in [0.5, 0.6) is 0 Å². The second-order valence-corrected chi connectivity index (χ2v) is 14.9. The van der Waals surface area contributed by atoms with Gasteiger partial charge in [-0.3, -0.25) is 0 Å². The average molecular weight is 612 g/mol. The minimum atomic E-state index is -3.92. The lowest BCUT2D eigenvalue weighted by atomic mass is 9.69. The maximum absolute atomic E-state index is 14.7. The molecule has 1 saturated heterocycles. The normalized spacial score (nSPS) is 27.4. The predicted octanol–water partition coefficient (Wildman–Crippen LogP) is 7.93. The van der Waals surface area contributed by atoms with E-state index in [4.69, 9.17) is 9.47 Å². The first-order valence-corrected chi connectivity index (χ1v) is 15.8. The van der Waals surface area contributed by atoms with Gasteiger partial charge in [0.05, 0.1) is 15.9 Å². The molecule has 0 spiro atoms. The summed E-state index contributed by atoms with van der Waals surface area (Å²) in [5.41, 5.74) is 2.70. The van der Waals surface area contributed by atoms with Gasteiger partial charge in [-0.25, -0.2) is 8.42 Å². The van der Waals surface area contributed by atoms with Crippen LogP contribution >= 0.6 is 15.9 Å². The molecular formula is C34H27BrO4S. The van der Waals surface area contributed by atoms with Crippen molar-refractivity contribution in [3.63, 3.8) is 0 Å². The molecule has 40 heavy (non-hydrogen) atoms. The molecule has 0 N–H and O–H groups in total. The number of aryl methyl sites for hydroxylation is 1. The lowest BCUT2D eigenvalue weighted by Crippen LogP contribution is -2.54. The highest BCUT2D eigenvalue weighted by atomic mass is 79.9. The summed E-state index contributed by atoms with van der Waals surface area (Å²) in [5, 5.41) is 6.88. The Kier molecular flexibility index (Phi) is 4.97. The van der Waals surface area contributed by atoms with Gasteiger partial charge in [-0.2, -0.15) is 0 Å². The summed E-state index contributed by atoms with van der Waals surface area (Å²) in [6.45, 7) is 5.75. The lowest BCUT2D eigenvalue weighted by Gasteiger charge is -2.47. The molecule has 200 valence electrons. The Balaban J connectivity index is 1.49. The molecule has 4 unspecified atom stereocenters. The zero-order valence-electron chi connectivity index (χ0n) is 22.3. The molecule has 4 nitrogen and oxygen atoms in total. The van der Waals surface area contributed by atoms with Crippen LogP contribution in [0, 0.1) is 12.8 Å². The zero-order valence-corrected chi connectivity index (χ0v) is 24.7. The summed E-state index contributed by atoms with van der Waals surface area (Å²) < 4.78 is 41.2. The summed E-state index contributed by atoms with van der Waals surface area (Å²) in [6.07, 6.45) is 3.24. The van der Waals surface area contributed by atoms with Crippen LogP contribution in [0.15, 0.2) is 101 Å². The van der Waals surface area contributed by atoms with Gasteiger partial charge in [0.2, 0.25) is 9.84 Å². The third-order valence-electron chi connectivity index (χ3n) is 8.79. The fourth-order valence-electron chi connectivity index (χ4n) is 7.11. The molecule has 0 saturated carbocycles. The largest absolute Gasteiger partial charge is 0.344 e. The van der Waals surface area contributed by atoms with E-state index in [0.29, 0.717) is 4.91 Å². The second kappa shape index (κ2) is 8.04. The van der Waals surface area contributed by atoms with Gasteiger partial charge in [0.15, 0.2) is 5.79 Å². The fourth-order valence-corrected chi connectivity index (χ4v) is 10.3. The monoisotopic (exact) mass is 610 g/mol. The van der Waals surface area contributed by atoms with Crippen LogP contribution < -0.4 is 0 Å². The highest BCUT2D eigenvalue weighted by Gasteiger charge is 2.63. The van der Waals surface area contributed by atoms with Crippen molar-refractivity contribution in [2.24, 2.45) is 5.92 Å². The number of ether oxygens (including phenoxy) is 2. The summed E-state index contributed by atoms with van der Waals surface area (Å²) in [4.78, 5) is 0.617. The van der Waals surface area contributed by atoms with Gasteiger partial charge >= 0.3 is 0 Å². The standard InChI is InChI=1S/C34H27BrO4S/c1-19-7-13-23(14-8-19)40(36,37)32-29(26-17-18-34(32,35)31-30(26)38-33(2,3)39-31)25-16-12-22-10-9-20-5-4-6-21-11-15-24(25)28(22)27(20)21/h4-18,26,30-31H,1-3H3. The predicted molar refractivity (Wildman–Crippen MR) is 164 cm³/mol. The zero-order chi connectivity index (χ0) is 27.6. The summed E-state index contributed by atoms with van der Waals surface area (Å²) in [5.74, 6) is -1.13. The van der Waals surface area contributed by atoms with Crippen molar-refractivity contribution in [3.05, 3.63) is 107 Å². The van der Waals surface area contributed by atoms with Crippen LogP contribution in [0.25, 0.3) is 37.9 Å². The quantitative estimate of drug-likeness (QED) is 0.118. The van der Waals surface area contributed by atoms with E-state index in [-0.39, 0.29) is 16.9 Å². The van der Waals surface area contributed by atoms with Crippen LogP contribution in [0.4, 0.5) is 0 Å². The molecule has 3 aliphatic carbocycles. The van der Waals surface area contributed by atoms with E-state index in [1.807, 2.05) is 39.0 Å². The van der Waals surface area contributed by atoms with E-state index < -0.39 is 26.1 Å². The topological polar surface area (TPSA) is 52.6 Å². The molecule has 5 aromatic rings. The third-order valence-corrected chi connectivity index (χ3v) is 12.2. The van der Waals surface area contributed by atoms with E-state index >= 15 is 0 Å². The van der Waals surface area contributed by atoms with E-state index in [0.717, 1.165) is 32.9 Å². The van der Waals surface area contributed by atoms with Gasteiger partial charge in [0.1, 0.15) is 10.4 Å². The Morgan fingerprint density at radius 2 is 1.45 bits per heavy atom. The molecule has 1 aliphatic heterocycles. The summed E-state index contributed by atoms with van der Waals surface area (Å²) in [6, 6.07) is 26.3. The van der Waals surface area contributed by atoms with Crippen molar-refractivity contribution < 1.29 is 17.9 Å². The van der Waals surface area contributed by atoms with Gasteiger partial charge in [0, 0.05) is 5.92 Å². The maximum atomic E-state index is 14.7. The minimum Gasteiger partial charge on any atom is -0.344 e. The maximum Gasteiger partial charge on any atom is 0.204 e. The molecule has 6 heteroatoms. The Morgan fingerprint density at radius 1 is 0.800 bits per heavy atom. The fraction of sp³-hybridized carbons (Fsp3) is 0.235. The SMILES string of the molecule is Cc1ccc(S(=O)(=O)C2=C(c3ccc4ccc5cccc6ccc3c4c56)C3C=CC2(Br)C2OC(C)(C)OC32)cc1. The van der Waals surface area contributed by atoms with Crippen LogP contribution in [-0.2, 0) is 19.3 Å². The number of hydrogen-bond acceptors (Lipinski definition) is 4. The number of sulfone groups is 1. The van der Waals surface area contributed by atoms with Crippen molar-refractivity contribution >= 4 is 63.7 Å². The molecule has 0 radical (unpaired) electrons. The summed E-state index contributed by atoms with van der Waals surface area (Å²) in [7, 11) is -3.92. The van der Waals surface area contributed by atoms with Crippen LogP contribution in [0.2, 0.25) is 0 Å². The molecule has 5 aromatic carbocycles. The van der Waals surface area contributed by atoms with Gasteiger partial charge in [-0.1, -0.05) is 100 Å². The number of alkyl halides is 1. The molecule has 1 fully saturated rings. The van der Waals surface area contributed by atoms with Gasteiger partial charge in [0.25, 0.3) is 0 Å². The highest BCUT2D eigenvalue weighted by molar-refractivity contribution is 9.10. The first kappa shape index (κ1) is 24.7. The van der Waals surface area contributed by atoms with Crippen molar-refractivity contribution in [1.82, 2.24) is 0 Å². The first-order valence-electron chi connectivity index (χ1n) is 13.6. The summed E-state index contributed by atoms with van der Waals surface area (Å²) >= 11 is 3.94. The first-order chi connectivity index (χ1) is 19.1. The van der Waals surface area contributed by atoms with Crippen molar-refractivity contribution in [3.8, 4) is 0 Å². The van der Waals surface area contributed by atoms with E-state index in [2.05, 4.69) is 76.6 Å². The molecule has 0 aromatic heterocycles. The lowest BCUT2D eigenvalue weighted by molar-refractivity contribution is -0.147. The average Bonchev–Trinajstić information content (AvgIpc) is 3.28. The Labute approximate surface area is 241 Å². The van der Waals surface area contributed by atoms with Crippen LogP contribution in [0.1, 0.15) is 25.0 Å². The second-order valence-electron chi connectivity index (χ2n) is 11.7. The number of rotatable bonds is 3. The van der Waals surface area contributed by atoms with Gasteiger partial charge in [-0.05, 0) is 76.4 Å². The Hall–Kier alpha value is -3.03. The van der Waals surface area contributed by atoms with Crippen molar-refractivity contribution in [1.29, 1.82) is 0 Å². The molecule has 0 amide bonds. The van der Waals surface area contributed by atoms with Crippen molar-refractivity contribution in [2.75, 3.05) is 0 Å². The van der Waals surface area contributed by atoms with E-state index in [1.54, 1.807) is 12.1 Å². The van der Waals surface area contributed by atoms with Crippen LogP contribution in [0.3, 0.4) is 0 Å². The number of hydrogen-bond donors (Lipinski definition) is 0. The van der Waals surface area contributed by atoms with E-state index in [9.17, 15) is 8.42 Å².